The van der Waals surface area contributed by atoms with E-state index in [1.807, 2.05) is 12.1 Å². The first kappa shape index (κ1) is 16.5. The van der Waals surface area contributed by atoms with Gasteiger partial charge >= 0.3 is 0 Å². The van der Waals surface area contributed by atoms with Crippen molar-refractivity contribution in [2.24, 2.45) is 0 Å². The molecular formula is C20H22N6O. The number of anilines is 1. The Bertz CT molecular complexity index is 1030. The minimum atomic E-state index is -0.176. The fourth-order valence-corrected chi connectivity index (χ4v) is 4.65. The van der Waals surface area contributed by atoms with Gasteiger partial charge in [-0.3, -0.25) is 4.90 Å². The quantitative estimate of drug-likeness (QED) is 0.725. The van der Waals surface area contributed by atoms with E-state index in [4.69, 9.17) is 0 Å². The summed E-state index contributed by atoms with van der Waals surface area (Å²) in [6.07, 6.45) is 6.28. The van der Waals surface area contributed by atoms with Crippen LogP contribution in [0.3, 0.4) is 0 Å². The average Bonchev–Trinajstić information content (AvgIpc) is 3.31. The van der Waals surface area contributed by atoms with Crippen LogP contribution >= 0.6 is 0 Å². The molecule has 7 heteroatoms. The van der Waals surface area contributed by atoms with Gasteiger partial charge in [-0.15, -0.1) is 0 Å². The summed E-state index contributed by atoms with van der Waals surface area (Å²) in [5, 5.41) is 21.6. The van der Waals surface area contributed by atoms with Crippen molar-refractivity contribution < 1.29 is 5.11 Å². The topological polar surface area (TPSA) is 92.1 Å². The first-order chi connectivity index (χ1) is 13.2. The molecule has 5 heterocycles. The van der Waals surface area contributed by atoms with Crippen molar-refractivity contribution >= 4 is 27.6 Å². The van der Waals surface area contributed by atoms with E-state index >= 15 is 0 Å². The van der Waals surface area contributed by atoms with E-state index in [1.54, 1.807) is 12.4 Å². The number of piperidine rings is 1. The van der Waals surface area contributed by atoms with Gasteiger partial charge in [0.15, 0.2) is 5.69 Å². The number of aromatic amines is 1. The van der Waals surface area contributed by atoms with Gasteiger partial charge in [0.2, 0.25) is 0 Å². The van der Waals surface area contributed by atoms with Crippen LogP contribution in [-0.2, 0) is 0 Å². The molecule has 2 aliphatic rings. The number of aromatic nitrogens is 3. The molecule has 27 heavy (non-hydrogen) atoms. The fourth-order valence-electron chi connectivity index (χ4n) is 4.65. The number of rotatable bonds is 2. The second kappa shape index (κ2) is 6.48. The maximum Gasteiger partial charge on any atom is 0.164 e. The minimum absolute atomic E-state index is 0.176. The van der Waals surface area contributed by atoms with E-state index in [-0.39, 0.29) is 6.10 Å². The van der Waals surface area contributed by atoms with E-state index < -0.39 is 0 Å². The van der Waals surface area contributed by atoms with Gasteiger partial charge in [-0.05, 0) is 31.4 Å². The number of nitrogens with one attached hydrogen (secondary N) is 1. The molecule has 1 atom stereocenters. The van der Waals surface area contributed by atoms with Crippen LogP contribution in [0.5, 0.6) is 0 Å². The number of nitrogens with zero attached hydrogens (tertiary/aromatic N) is 5. The Morgan fingerprint density at radius 2 is 2.04 bits per heavy atom. The first-order valence-corrected chi connectivity index (χ1v) is 9.57. The molecule has 3 aromatic heterocycles. The average molecular weight is 362 g/mol. The molecule has 2 saturated heterocycles. The standard InChI is InChI=1S/C20H22N6O/c21-10-16-19(18-15-2-1-6-22-20(15)24-17(18)11-23-16)25-7-3-13(4-8-25)26-9-5-14(27)12-26/h1-2,6,11,13-14,27H,3-5,7-9,12H2,(H,22,24). The van der Waals surface area contributed by atoms with Crippen LogP contribution in [0, 0.1) is 11.3 Å². The number of hydrogen-bond donors (Lipinski definition) is 2. The number of β-amino-alcohol motifs (C(OH)–C–C–N with tert-alkyl or cyclic N) is 1. The lowest BCUT2D eigenvalue weighted by molar-refractivity contribution is 0.148. The summed E-state index contributed by atoms with van der Waals surface area (Å²) < 4.78 is 0. The number of aliphatic hydroxyl groups is 1. The maximum atomic E-state index is 9.82. The smallest absolute Gasteiger partial charge is 0.164 e. The number of fused-ring (bicyclic) bond motifs is 3. The van der Waals surface area contributed by atoms with Crippen molar-refractivity contribution in [3.05, 3.63) is 30.2 Å². The van der Waals surface area contributed by atoms with Gasteiger partial charge in [0, 0.05) is 49.2 Å². The van der Waals surface area contributed by atoms with Gasteiger partial charge in [0.1, 0.15) is 11.7 Å². The minimum Gasteiger partial charge on any atom is -0.392 e. The molecule has 0 spiro atoms. The van der Waals surface area contributed by atoms with Gasteiger partial charge in [0.25, 0.3) is 0 Å². The van der Waals surface area contributed by atoms with E-state index in [9.17, 15) is 10.4 Å². The van der Waals surface area contributed by atoms with Crippen LogP contribution in [0.15, 0.2) is 24.5 Å². The number of likely N-dealkylation sites (tertiary alicyclic amines) is 1. The molecule has 0 aromatic carbocycles. The number of H-pyrrole nitrogens is 1. The SMILES string of the molecule is N#Cc1ncc2[nH]c3ncccc3c2c1N1CCC(N2CCC(O)C2)CC1. The van der Waals surface area contributed by atoms with Crippen LogP contribution in [-0.4, -0.2) is 63.3 Å². The normalized spacial score (nSPS) is 21.9. The number of pyridine rings is 2. The lowest BCUT2D eigenvalue weighted by Gasteiger charge is -2.38. The fraction of sp³-hybridized carbons (Fsp3) is 0.450. The van der Waals surface area contributed by atoms with Gasteiger partial charge < -0.3 is 15.0 Å². The molecule has 7 nitrogen and oxygen atoms in total. The van der Waals surface area contributed by atoms with E-state index in [1.165, 1.54) is 0 Å². The molecular weight excluding hydrogens is 340 g/mol. The van der Waals surface area contributed by atoms with Crippen molar-refractivity contribution in [1.82, 2.24) is 19.9 Å². The van der Waals surface area contributed by atoms with E-state index in [0.29, 0.717) is 11.7 Å². The molecule has 0 saturated carbocycles. The van der Waals surface area contributed by atoms with E-state index in [0.717, 1.165) is 73.1 Å². The van der Waals surface area contributed by atoms with E-state index in [2.05, 4.69) is 30.8 Å². The zero-order valence-corrected chi connectivity index (χ0v) is 15.1. The molecule has 0 aliphatic carbocycles. The molecule has 2 N–H and O–H groups in total. The number of aliphatic hydroxyl groups excluding tert-OH is 1. The van der Waals surface area contributed by atoms with Crippen LogP contribution in [0.1, 0.15) is 25.0 Å². The summed E-state index contributed by atoms with van der Waals surface area (Å²) in [4.78, 5) is 16.9. The van der Waals surface area contributed by atoms with Crippen LogP contribution < -0.4 is 4.90 Å². The molecule has 0 bridgehead atoms. The molecule has 3 aromatic rings. The highest BCUT2D eigenvalue weighted by atomic mass is 16.3. The van der Waals surface area contributed by atoms with Gasteiger partial charge in [-0.2, -0.15) is 5.26 Å². The third kappa shape index (κ3) is 2.73. The predicted molar refractivity (Wildman–Crippen MR) is 104 cm³/mol. The highest BCUT2D eigenvalue weighted by Gasteiger charge is 2.31. The Kier molecular flexibility index (Phi) is 3.96. The number of hydrogen-bond acceptors (Lipinski definition) is 6. The Balaban J connectivity index is 1.50. The zero-order chi connectivity index (χ0) is 18.4. The highest BCUT2D eigenvalue weighted by Crippen LogP contribution is 2.36. The molecule has 0 radical (unpaired) electrons. The van der Waals surface area contributed by atoms with Crippen LogP contribution in [0.4, 0.5) is 5.69 Å². The van der Waals surface area contributed by atoms with Gasteiger partial charge in [0.05, 0.1) is 23.5 Å². The second-order valence-corrected chi connectivity index (χ2v) is 7.54. The maximum absolute atomic E-state index is 9.82. The summed E-state index contributed by atoms with van der Waals surface area (Å²) in [5.41, 5.74) is 3.14. The summed E-state index contributed by atoms with van der Waals surface area (Å²) >= 11 is 0. The third-order valence-electron chi connectivity index (χ3n) is 5.98. The Labute approximate surface area is 157 Å². The van der Waals surface area contributed by atoms with Crippen molar-refractivity contribution in [1.29, 1.82) is 5.26 Å². The monoisotopic (exact) mass is 362 g/mol. The largest absolute Gasteiger partial charge is 0.392 e. The van der Waals surface area contributed by atoms with Crippen molar-refractivity contribution in [2.45, 2.75) is 31.4 Å². The molecule has 2 fully saturated rings. The lowest BCUT2D eigenvalue weighted by Crippen LogP contribution is -2.44. The Morgan fingerprint density at radius 3 is 2.78 bits per heavy atom. The van der Waals surface area contributed by atoms with Crippen molar-refractivity contribution in [3.63, 3.8) is 0 Å². The van der Waals surface area contributed by atoms with Crippen LogP contribution in [0.25, 0.3) is 21.9 Å². The molecule has 5 rings (SSSR count). The summed E-state index contributed by atoms with van der Waals surface area (Å²) in [6, 6.07) is 6.77. The second-order valence-electron chi connectivity index (χ2n) is 7.54. The van der Waals surface area contributed by atoms with Crippen molar-refractivity contribution in [3.8, 4) is 6.07 Å². The molecule has 2 aliphatic heterocycles. The Hall–Kier alpha value is -2.69. The molecule has 0 amide bonds. The van der Waals surface area contributed by atoms with Gasteiger partial charge in [-0.25, -0.2) is 9.97 Å². The third-order valence-corrected chi connectivity index (χ3v) is 5.98. The summed E-state index contributed by atoms with van der Waals surface area (Å²) in [6.45, 7) is 3.55. The summed E-state index contributed by atoms with van der Waals surface area (Å²) in [7, 11) is 0. The van der Waals surface area contributed by atoms with Gasteiger partial charge in [-0.1, -0.05) is 0 Å². The summed E-state index contributed by atoms with van der Waals surface area (Å²) in [5.74, 6) is 0. The predicted octanol–water partition coefficient (Wildman–Crippen LogP) is 2.02. The zero-order valence-electron chi connectivity index (χ0n) is 15.1. The van der Waals surface area contributed by atoms with Crippen molar-refractivity contribution in [2.75, 3.05) is 31.1 Å². The number of nitriles is 1. The molecule has 1 unspecified atom stereocenters. The lowest BCUT2D eigenvalue weighted by atomic mass is 10.0. The first-order valence-electron chi connectivity index (χ1n) is 9.57. The molecule has 138 valence electrons. The van der Waals surface area contributed by atoms with Crippen LogP contribution in [0.2, 0.25) is 0 Å². The highest BCUT2D eigenvalue weighted by molar-refractivity contribution is 6.13. The Morgan fingerprint density at radius 1 is 1.19 bits per heavy atom.